The smallest absolute Gasteiger partial charge is 0.422 e. The van der Waals surface area contributed by atoms with Crippen LogP contribution in [0.2, 0.25) is 0 Å². The standard InChI is InChI=1S/C19H19F3N2O4S/c20-19(21,22)12-28-17-10-5-13(11-23-17)18(25)24-14-6-8-16(9-7-14)29(26,27)15-3-1-2-4-15/h5-11,15H,1-4,12H2,(H,24,25). The van der Waals surface area contributed by atoms with Crippen molar-refractivity contribution in [2.45, 2.75) is 42.0 Å². The summed E-state index contributed by atoms with van der Waals surface area (Å²) in [5.74, 6) is -0.786. The number of pyridine rings is 1. The average molecular weight is 428 g/mol. The molecule has 1 aliphatic rings. The molecule has 29 heavy (non-hydrogen) atoms. The summed E-state index contributed by atoms with van der Waals surface area (Å²) in [7, 11) is -3.37. The number of hydrogen-bond acceptors (Lipinski definition) is 5. The van der Waals surface area contributed by atoms with Gasteiger partial charge in [-0.05, 0) is 43.2 Å². The third-order valence-electron chi connectivity index (χ3n) is 4.56. The second-order valence-corrected chi connectivity index (χ2v) is 8.95. The number of nitrogens with zero attached hydrogens (tertiary/aromatic N) is 1. The lowest BCUT2D eigenvalue weighted by Gasteiger charge is -2.12. The fourth-order valence-electron chi connectivity index (χ4n) is 3.08. The molecule has 1 aromatic heterocycles. The molecule has 1 heterocycles. The van der Waals surface area contributed by atoms with Crippen molar-refractivity contribution in [3.05, 3.63) is 48.2 Å². The van der Waals surface area contributed by atoms with Crippen molar-refractivity contribution in [1.29, 1.82) is 0 Å². The minimum Gasteiger partial charge on any atom is -0.468 e. The fourth-order valence-corrected chi connectivity index (χ4v) is 4.93. The lowest BCUT2D eigenvalue weighted by Crippen LogP contribution is -2.20. The summed E-state index contributed by atoms with van der Waals surface area (Å²) in [6.07, 6.45) is -0.236. The largest absolute Gasteiger partial charge is 0.468 e. The van der Waals surface area contributed by atoms with Crippen LogP contribution in [-0.2, 0) is 9.84 Å². The number of rotatable bonds is 6. The molecule has 1 fully saturated rings. The summed E-state index contributed by atoms with van der Waals surface area (Å²) < 4.78 is 66.0. The Morgan fingerprint density at radius 1 is 1.10 bits per heavy atom. The molecule has 0 spiro atoms. The molecule has 1 aromatic carbocycles. The van der Waals surface area contributed by atoms with Gasteiger partial charge in [-0.15, -0.1) is 0 Å². The number of carbonyl (C=O) groups excluding carboxylic acids is 1. The molecule has 0 saturated heterocycles. The lowest BCUT2D eigenvalue weighted by molar-refractivity contribution is -0.154. The summed E-state index contributed by atoms with van der Waals surface area (Å²) >= 11 is 0. The number of halogens is 3. The molecule has 0 aliphatic heterocycles. The second kappa shape index (κ2) is 8.40. The van der Waals surface area contributed by atoms with Gasteiger partial charge < -0.3 is 10.1 Å². The van der Waals surface area contributed by atoms with Crippen LogP contribution < -0.4 is 10.1 Å². The van der Waals surface area contributed by atoms with Crippen LogP contribution in [0, 0.1) is 0 Å². The van der Waals surface area contributed by atoms with E-state index in [0.717, 1.165) is 25.1 Å². The van der Waals surface area contributed by atoms with E-state index < -0.39 is 28.5 Å². The monoisotopic (exact) mass is 428 g/mol. The van der Waals surface area contributed by atoms with Gasteiger partial charge in [0.1, 0.15) is 0 Å². The molecule has 0 unspecified atom stereocenters. The summed E-state index contributed by atoms with van der Waals surface area (Å²) in [6.45, 7) is -1.47. The highest BCUT2D eigenvalue weighted by molar-refractivity contribution is 7.92. The minimum atomic E-state index is -4.48. The Bertz CT molecular complexity index is 952. The maximum absolute atomic E-state index is 12.6. The quantitative estimate of drug-likeness (QED) is 0.752. The van der Waals surface area contributed by atoms with Crippen LogP contribution in [-0.4, -0.2) is 37.3 Å². The summed E-state index contributed by atoms with van der Waals surface area (Å²) in [4.78, 5) is 16.1. The number of carbonyl (C=O) groups is 1. The number of benzene rings is 1. The highest BCUT2D eigenvalue weighted by atomic mass is 32.2. The summed E-state index contributed by atoms with van der Waals surface area (Å²) in [5.41, 5.74) is 0.504. The molecule has 0 radical (unpaired) electrons. The molecule has 156 valence electrons. The van der Waals surface area contributed by atoms with Crippen LogP contribution >= 0.6 is 0 Å². The normalized spacial score (nSPS) is 15.3. The molecule has 1 aliphatic carbocycles. The van der Waals surface area contributed by atoms with E-state index in [1.165, 1.54) is 30.3 Å². The summed E-state index contributed by atoms with van der Waals surface area (Å²) in [6, 6.07) is 8.35. The molecule has 1 amide bonds. The van der Waals surface area contributed by atoms with E-state index in [9.17, 15) is 26.4 Å². The minimum absolute atomic E-state index is 0.118. The van der Waals surface area contributed by atoms with Gasteiger partial charge in [-0.3, -0.25) is 4.79 Å². The number of ether oxygens (including phenoxy) is 1. The first-order valence-electron chi connectivity index (χ1n) is 8.96. The van der Waals surface area contributed by atoms with Gasteiger partial charge in [-0.2, -0.15) is 13.2 Å². The molecule has 1 N–H and O–H groups in total. The Morgan fingerprint density at radius 2 is 1.76 bits per heavy atom. The third kappa shape index (κ3) is 5.47. The highest BCUT2D eigenvalue weighted by Crippen LogP contribution is 2.30. The van der Waals surface area contributed by atoms with E-state index in [2.05, 4.69) is 15.0 Å². The van der Waals surface area contributed by atoms with Crippen molar-refractivity contribution in [2.75, 3.05) is 11.9 Å². The maximum atomic E-state index is 12.6. The Labute approximate surface area is 166 Å². The number of hydrogen-bond donors (Lipinski definition) is 1. The molecule has 10 heteroatoms. The van der Waals surface area contributed by atoms with Gasteiger partial charge in [0, 0.05) is 18.0 Å². The molecule has 3 rings (SSSR count). The van der Waals surface area contributed by atoms with Crippen LogP contribution in [0.15, 0.2) is 47.5 Å². The van der Waals surface area contributed by atoms with E-state index in [-0.39, 0.29) is 21.6 Å². The highest BCUT2D eigenvalue weighted by Gasteiger charge is 2.30. The zero-order chi connectivity index (χ0) is 21.1. The first kappa shape index (κ1) is 21.1. The summed E-state index contributed by atoms with van der Waals surface area (Å²) in [5, 5.41) is 2.23. The van der Waals surface area contributed by atoms with E-state index in [1.807, 2.05) is 0 Å². The molecule has 0 bridgehead atoms. The van der Waals surface area contributed by atoms with Gasteiger partial charge in [-0.25, -0.2) is 13.4 Å². The maximum Gasteiger partial charge on any atom is 0.422 e. The molecule has 6 nitrogen and oxygen atoms in total. The van der Waals surface area contributed by atoms with Crippen LogP contribution in [0.3, 0.4) is 0 Å². The molecule has 2 aromatic rings. The van der Waals surface area contributed by atoms with Gasteiger partial charge >= 0.3 is 6.18 Å². The number of aromatic nitrogens is 1. The van der Waals surface area contributed by atoms with Crippen LogP contribution in [0.1, 0.15) is 36.0 Å². The average Bonchev–Trinajstić information content (AvgIpc) is 3.22. The van der Waals surface area contributed by atoms with Gasteiger partial charge in [0.15, 0.2) is 16.4 Å². The van der Waals surface area contributed by atoms with Crippen molar-refractivity contribution >= 4 is 21.4 Å². The topological polar surface area (TPSA) is 85.4 Å². The van der Waals surface area contributed by atoms with Crippen LogP contribution in [0.4, 0.5) is 18.9 Å². The Balaban J connectivity index is 1.62. The zero-order valence-corrected chi connectivity index (χ0v) is 16.1. The first-order chi connectivity index (χ1) is 13.6. The number of nitrogens with one attached hydrogen (secondary N) is 1. The lowest BCUT2D eigenvalue weighted by atomic mass is 10.2. The van der Waals surface area contributed by atoms with Gasteiger partial charge in [0.05, 0.1) is 15.7 Å². The molecule has 0 atom stereocenters. The van der Waals surface area contributed by atoms with Crippen molar-refractivity contribution in [3.63, 3.8) is 0 Å². The number of amides is 1. The van der Waals surface area contributed by atoms with Gasteiger partial charge in [-0.1, -0.05) is 12.8 Å². The number of anilines is 1. The number of sulfone groups is 1. The Morgan fingerprint density at radius 3 is 2.31 bits per heavy atom. The predicted octanol–water partition coefficient (Wildman–Crippen LogP) is 3.99. The zero-order valence-electron chi connectivity index (χ0n) is 15.3. The molecule has 1 saturated carbocycles. The van der Waals surface area contributed by atoms with Crippen LogP contribution in [0.25, 0.3) is 0 Å². The predicted molar refractivity (Wildman–Crippen MR) is 99.6 cm³/mol. The fraction of sp³-hybridized carbons (Fsp3) is 0.368. The van der Waals surface area contributed by atoms with Crippen LogP contribution in [0.5, 0.6) is 5.88 Å². The Hall–Kier alpha value is -2.62. The van der Waals surface area contributed by atoms with Crippen molar-refractivity contribution in [2.24, 2.45) is 0 Å². The Kier molecular flexibility index (Phi) is 6.11. The van der Waals surface area contributed by atoms with Gasteiger partial charge in [0.25, 0.3) is 5.91 Å². The van der Waals surface area contributed by atoms with E-state index >= 15 is 0 Å². The van der Waals surface area contributed by atoms with Crippen molar-refractivity contribution < 1.29 is 31.1 Å². The molecular formula is C19H19F3N2O4S. The van der Waals surface area contributed by atoms with E-state index in [1.54, 1.807) is 0 Å². The van der Waals surface area contributed by atoms with E-state index in [0.29, 0.717) is 18.5 Å². The third-order valence-corrected chi connectivity index (χ3v) is 6.84. The van der Waals surface area contributed by atoms with E-state index in [4.69, 9.17) is 0 Å². The van der Waals surface area contributed by atoms with Crippen molar-refractivity contribution in [1.82, 2.24) is 4.98 Å². The second-order valence-electron chi connectivity index (χ2n) is 6.72. The van der Waals surface area contributed by atoms with Crippen molar-refractivity contribution in [3.8, 4) is 5.88 Å². The number of alkyl halides is 3. The first-order valence-corrected chi connectivity index (χ1v) is 10.5. The molecular weight excluding hydrogens is 409 g/mol. The van der Waals surface area contributed by atoms with Gasteiger partial charge in [0.2, 0.25) is 5.88 Å². The SMILES string of the molecule is O=C(Nc1ccc(S(=O)(=O)C2CCCC2)cc1)c1ccc(OCC(F)(F)F)nc1.